The van der Waals surface area contributed by atoms with Crippen LogP contribution in [-0.4, -0.2) is 37.2 Å². The standard InChI is InChI=1S/C51H98O6/c1-5-8-10-12-13-14-15-25-28-31-35-38-42-49(52)55-45-48(57-51(54)44-40-33-11-9-6-2)46-56-50(53)43-39-36-32-29-26-23-21-19-17-16-18-20-22-24-27-30-34-37-41-47(4)7-3/h47-48H,5-46H2,1-4H3/t47?,48-/m0/s1. The lowest BCUT2D eigenvalue weighted by molar-refractivity contribution is -0.167. The molecule has 1 unspecified atom stereocenters. The first-order chi connectivity index (χ1) is 27.9. The molecule has 0 aliphatic carbocycles. The van der Waals surface area contributed by atoms with Crippen LogP contribution in [0.4, 0.5) is 0 Å². The van der Waals surface area contributed by atoms with Crippen molar-refractivity contribution < 1.29 is 28.6 Å². The molecule has 0 aromatic carbocycles. The Hall–Kier alpha value is -1.59. The number of carbonyl (C=O) groups excluding carboxylic acids is 3. The Morgan fingerprint density at radius 3 is 0.912 bits per heavy atom. The lowest BCUT2D eigenvalue weighted by atomic mass is 9.99. The average Bonchev–Trinajstić information content (AvgIpc) is 3.21. The zero-order chi connectivity index (χ0) is 41.7. The van der Waals surface area contributed by atoms with Crippen LogP contribution in [0, 0.1) is 5.92 Å². The number of carbonyl (C=O) groups is 3. The smallest absolute Gasteiger partial charge is 0.306 e. The van der Waals surface area contributed by atoms with Gasteiger partial charge in [0.25, 0.3) is 0 Å². The molecule has 338 valence electrons. The van der Waals surface area contributed by atoms with Crippen LogP contribution in [-0.2, 0) is 28.6 Å². The Bertz CT molecular complexity index is 859. The third-order valence-corrected chi connectivity index (χ3v) is 11.9. The van der Waals surface area contributed by atoms with Crippen LogP contribution < -0.4 is 0 Å². The molecule has 0 rings (SSSR count). The Labute approximate surface area is 355 Å². The minimum absolute atomic E-state index is 0.0645. The minimum Gasteiger partial charge on any atom is -0.462 e. The van der Waals surface area contributed by atoms with Gasteiger partial charge in [0, 0.05) is 19.3 Å². The molecule has 0 saturated carbocycles. The highest BCUT2D eigenvalue weighted by atomic mass is 16.6. The van der Waals surface area contributed by atoms with Gasteiger partial charge in [-0.1, -0.05) is 246 Å². The summed E-state index contributed by atoms with van der Waals surface area (Å²) in [7, 11) is 0. The van der Waals surface area contributed by atoms with E-state index < -0.39 is 6.10 Å². The number of unbranched alkanes of at least 4 members (excludes halogenated alkanes) is 32. The maximum Gasteiger partial charge on any atom is 0.306 e. The molecule has 6 nitrogen and oxygen atoms in total. The van der Waals surface area contributed by atoms with Crippen molar-refractivity contribution in [2.45, 2.75) is 291 Å². The van der Waals surface area contributed by atoms with E-state index in [2.05, 4.69) is 27.7 Å². The highest BCUT2D eigenvalue weighted by Crippen LogP contribution is 2.18. The highest BCUT2D eigenvalue weighted by Gasteiger charge is 2.19. The molecule has 6 heteroatoms. The van der Waals surface area contributed by atoms with Crippen LogP contribution in [0.3, 0.4) is 0 Å². The molecule has 0 aromatic rings. The van der Waals surface area contributed by atoms with Gasteiger partial charge in [-0.15, -0.1) is 0 Å². The third-order valence-electron chi connectivity index (χ3n) is 11.9. The summed E-state index contributed by atoms with van der Waals surface area (Å²) in [5.74, 6) is 0.0473. The molecule has 0 spiro atoms. The van der Waals surface area contributed by atoms with E-state index in [1.54, 1.807) is 0 Å². The number of hydrogen-bond donors (Lipinski definition) is 0. The zero-order valence-corrected chi connectivity index (χ0v) is 38.8. The summed E-state index contributed by atoms with van der Waals surface area (Å²) < 4.78 is 16.6. The molecule has 0 fully saturated rings. The third kappa shape index (κ3) is 43.8. The number of hydrogen-bond acceptors (Lipinski definition) is 6. The average molecular weight is 807 g/mol. The fourth-order valence-corrected chi connectivity index (χ4v) is 7.66. The van der Waals surface area contributed by atoms with E-state index in [1.165, 1.54) is 173 Å². The number of rotatable bonds is 46. The van der Waals surface area contributed by atoms with Crippen molar-refractivity contribution in [3.05, 3.63) is 0 Å². The Balaban J connectivity index is 4.00. The molecular weight excluding hydrogens is 709 g/mol. The van der Waals surface area contributed by atoms with Crippen LogP contribution in [0.5, 0.6) is 0 Å². The van der Waals surface area contributed by atoms with Gasteiger partial charge in [0.1, 0.15) is 13.2 Å². The van der Waals surface area contributed by atoms with Gasteiger partial charge in [-0.2, -0.15) is 0 Å². The zero-order valence-electron chi connectivity index (χ0n) is 38.8. The molecule has 0 aliphatic rings. The molecule has 57 heavy (non-hydrogen) atoms. The van der Waals surface area contributed by atoms with Gasteiger partial charge < -0.3 is 14.2 Å². The normalized spacial score (nSPS) is 12.4. The van der Waals surface area contributed by atoms with Gasteiger partial charge in [0.05, 0.1) is 0 Å². The first-order valence-electron chi connectivity index (χ1n) is 25.4. The van der Waals surface area contributed by atoms with Crippen molar-refractivity contribution >= 4 is 17.9 Å². The predicted octanol–water partition coefficient (Wildman–Crippen LogP) is 16.3. The molecule has 0 radical (unpaired) electrons. The van der Waals surface area contributed by atoms with Crippen molar-refractivity contribution in [3.8, 4) is 0 Å². The molecule has 2 atom stereocenters. The fourth-order valence-electron chi connectivity index (χ4n) is 7.66. The van der Waals surface area contributed by atoms with Crippen LogP contribution in [0.15, 0.2) is 0 Å². The summed E-state index contributed by atoms with van der Waals surface area (Å²) in [6, 6.07) is 0. The van der Waals surface area contributed by atoms with Crippen molar-refractivity contribution in [1.82, 2.24) is 0 Å². The van der Waals surface area contributed by atoms with Gasteiger partial charge in [-0.3, -0.25) is 14.4 Å². The molecule has 0 amide bonds. The van der Waals surface area contributed by atoms with E-state index in [0.717, 1.165) is 70.1 Å². The van der Waals surface area contributed by atoms with Crippen LogP contribution in [0.1, 0.15) is 285 Å². The predicted molar refractivity (Wildman–Crippen MR) is 243 cm³/mol. The summed E-state index contributed by atoms with van der Waals surface area (Å²) in [5, 5.41) is 0. The second-order valence-electron chi connectivity index (χ2n) is 17.7. The summed E-state index contributed by atoms with van der Waals surface area (Å²) in [5.41, 5.74) is 0. The van der Waals surface area contributed by atoms with E-state index >= 15 is 0 Å². The minimum atomic E-state index is -0.757. The van der Waals surface area contributed by atoms with E-state index in [0.29, 0.717) is 19.3 Å². The Morgan fingerprint density at radius 2 is 0.614 bits per heavy atom. The Kier molecular flexibility index (Phi) is 44.2. The molecule has 0 aromatic heterocycles. The SMILES string of the molecule is CCCCCCCCCCCCCCC(=O)OC[C@@H](COC(=O)CCCCCCCCCCCCCCCCCCCCC(C)CC)OC(=O)CCCCCCC. The van der Waals surface area contributed by atoms with E-state index in [1.807, 2.05) is 0 Å². The fraction of sp³-hybridized carbons (Fsp3) is 0.941. The van der Waals surface area contributed by atoms with Crippen molar-refractivity contribution in [2.24, 2.45) is 5.92 Å². The second-order valence-corrected chi connectivity index (χ2v) is 17.7. The van der Waals surface area contributed by atoms with Crippen LogP contribution in [0.2, 0.25) is 0 Å². The maximum absolute atomic E-state index is 12.5. The second kappa shape index (κ2) is 45.5. The summed E-state index contributed by atoms with van der Waals surface area (Å²) in [4.78, 5) is 37.5. The largest absolute Gasteiger partial charge is 0.462 e. The van der Waals surface area contributed by atoms with Gasteiger partial charge in [0.2, 0.25) is 0 Å². The molecular formula is C51H98O6. The Morgan fingerprint density at radius 1 is 0.351 bits per heavy atom. The van der Waals surface area contributed by atoms with E-state index in [9.17, 15) is 14.4 Å². The van der Waals surface area contributed by atoms with Crippen LogP contribution >= 0.6 is 0 Å². The molecule has 0 heterocycles. The lowest BCUT2D eigenvalue weighted by Crippen LogP contribution is -2.30. The molecule has 0 N–H and O–H groups in total. The molecule has 0 saturated heterocycles. The van der Waals surface area contributed by atoms with Gasteiger partial charge in [-0.05, 0) is 25.2 Å². The summed E-state index contributed by atoms with van der Waals surface area (Å²) in [6.45, 7) is 8.99. The number of esters is 3. The topological polar surface area (TPSA) is 78.9 Å². The molecule has 0 bridgehead atoms. The maximum atomic E-state index is 12.5. The van der Waals surface area contributed by atoms with Gasteiger partial charge in [-0.25, -0.2) is 0 Å². The van der Waals surface area contributed by atoms with E-state index in [-0.39, 0.29) is 31.1 Å². The van der Waals surface area contributed by atoms with Crippen molar-refractivity contribution in [3.63, 3.8) is 0 Å². The van der Waals surface area contributed by atoms with E-state index in [4.69, 9.17) is 14.2 Å². The summed E-state index contributed by atoms with van der Waals surface area (Å²) >= 11 is 0. The lowest BCUT2D eigenvalue weighted by Gasteiger charge is -2.18. The van der Waals surface area contributed by atoms with Gasteiger partial charge in [0.15, 0.2) is 6.10 Å². The highest BCUT2D eigenvalue weighted by molar-refractivity contribution is 5.71. The monoisotopic (exact) mass is 807 g/mol. The quantitative estimate of drug-likeness (QED) is 0.0346. The number of ether oxygens (including phenoxy) is 3. The van der Waals surface area contributed by atoms with Crippen molar-refractivity contribution in [1.29, 1.82) is 0 Å². The molecule has 0 aliphatic heterocycles. The summed E-state index contributed by atoms with van der Waals surface area (Å²) in [6.07, 6.45) is 46.9. The first kappa shape index (κ1) is 55.4. The van der Waals surface area contributed by atoms with Crippen LogP contribution in [0.25, 0.3) is 0 Å². The van der Waals surface area contributed by atoms with Crippen molar-refractivity contribution in [2.75, 3.05) is 13.2 Å². The first-order valence-corrected chi connectivity index (χ1v) is 25.4. The van der Waals surface area contributed by atoms with Gasteiger partial charge >= 0.3 is 17.9 Å².